The first-order valence-electron chi connectivity index (χ1n) is 12.5. The fourth-order valence-corrected chi connectivity index (χ4v) is 5.36. The second-order valence-corrected chi connectivity index (χ2v) is 9.62. The minimum Gasteiger partial charge on any atom is -0.391 e. The molecular weight excluding hydrogens is 497 g/mol. The third-order valence-electron chi connectivity index (χ3n) is 7.21. The first-order valence-corrected chi connectivity index (χ1v) is 12.5. The number of benzene rings is 2. The van der Waals surface area contributed by atoms with Crippen LogP contribution in [0.15, 0.2) is 54.9 Å². The van der Waals surface area contributed by atoms with Crippen molar-refractivity contribution >= 4 is 23.2 Å². The molecular formula is C27H25F3N6O2. The Morgan fingerprint density at radius 2 is 1.92 bits per heavy atom. The fraction of sp³-hybridized carbons (Fsp3) is 0.296. The monoisotopic (exact) mass is 522 g/mol. The lowest BCUT2D eigenvalue weighted by molar-refractivity contribution is 0.176. The van der Waals surface area contributed by atoms with E-state index in [9.17, 15) is 23.1 Å². The van der Waals surface area contributed by atoms with Crippen LogP contribution < -0.4 is 10.2 Å². The molecule has 2 aromatic carbocycles. The predicted octanol–water partition coefficient (Wildman–Crippen LogP) is 4.75. The maximum Gasteiger partial charge on any atom is 0.322 e. The van der Waals surface area contributed by atoms with Gasteiger partial charge in [0.25, 0.3) is 0 Å². The molecule has 0 radical (unpaired) electrons. The van der Waals surface area contributed by atoms with E-state index in [1.807, 2.05) is 4.90 Å². The van der Waals surface area contributed by atoms with Crippen molar-refractivity contribution in [2.45, 2.75) is 31.4 Å². The van der Waals surface area contributed by atoms with Crippen LogP contribution in [0.5, 0.6) is 0 Å². The van der Waals surface area contributed by atoms with Gasteiger partial charge in [0.15, 0.2) is 17.3 Å². The standard InChI is InChI=1S/C27H25F3N6O2/c28-16-6-7-18(19-3-1-4-21(29)25(19)30)20(13-16)23-5-2-10-35(23)24-9-12-36-26(33-24)22(14-31-36)32-27(38)34-11-8-17(37)15-34/h1,3-4,6-7,9,12-14,17,23,37H,2,5,8,10-11,15H2,(H,32,38). The van der Waals surface area contributed by atoms with E-state index < -0.39 is 23.6 Å². The van der Waals surface area contributed by atoms with Crippen LogP contribution in [-0.2, 0) is 0 Å². The Balaban J connectivity index is 1.34. The number of nitrogens with one attached hydrogen (secondary N) is 1. The molecule has 2 unspecified atom stereocenters. The van der Waals surface area contributed by atoms with Gasteiger partial charge in [-0.25, -0.2) is 27.5 Å². The van der Waals surface area contributed by atoms with Crippen molar-refractivity contribution in [2.24, 2.45) is 0 Å². The predicted molar refractivity (Wildman–Crippen MR) is 135 cm³/mol. The summed E-state index contributed by atoms with van der Waals surface area (Å²) in [5.74, 6) is -1.83. The minimum absolute atomic E-state index is 0.0723. The van der Waals surface area contributed by atoms with Gasteiger partial charge in [0.05, 0.1) is 18.3 Å². The lowest BCUT2D eigenvalue weighted by atomic mass is 9.93. The van der Waals surface area contributed by atoms with Gasteiger partial charge in [0.1, 0.15) is 17.3 Å². The summed E-state index contributed by atoms with van der Waals surface area (Å²) in [6.45, 7) is 1.35. The zero-order valence-corrected chi connectivity index (χ0v) is 20.3. The molecule has 0 aliphatic carbocycles. The Kier molecular flexibility index (Phi) is 6.15. The van der Waals surface area contributed by atoms with E-state index in [1.165, 1.54) is 41.4 Å². The molecule has 2 amide bonds. The average Bonchev–Trinajstić information content (AvgIpc) is 3.66. The van der Waals surface area contributed by atoms with Crippen molar-refractivity contribution in [3.8, 4) is 11.1 Å². The van der Waals surface area contributed by atoms with Crippen LogP contribution in [-0.4, -0.2) is 56.4 Å². The van der Waals surface area contributed by atoms with Crippen molar-refractivity contribution in [3.05, 3.63) is 77.9 Å². The number of anilines is 2. The first kappa shape index (κ1) is 24.2. The smallest absolute Gasteiger partial charge is 0.322 e. The van der Waals surface area contributed by atoms with Crippen LogP contribution >= 0.6 is 0 Å². The molecule has 2 aliphatic heterocycles. The van der Waals surface area contributed by atoms with Gasteiger partial charge in [-0.05, 0) is 54.7 Å². The fourth-order valence-electron chi connectivity index (χ4n) is 5.36. The molecule has 2 aliphatic rings. The summed E-state index contributed by atoms with van der Waals surface area (Å²) < 4.78 is 44.8. The van der Waals surface area contributed by atoms with Gasteiger partial charge >= 0.3 is 6.03 Å². The number of amides is 2. The van der Waals surface area contributed by atoms with Gasteiger partial charge in [-0.1, -0.05) is 18.2 Å². The third-order valence-corrected chi connectivity index (χ3v) is 7.21. The van der Waals surface area contributed by atoms with E-state index in [4.69, 9.17) is 4.98 Å². The van der Waals surface area contributed by atoms with Crippen molar-refractivity contribution in [1.29, 1.82) is 0 Å². The number of aliphatic hydroxyl groups is 1. The number of hydrogen-bond donors (Lipinski definition) is 2. The number of halogens is 3. The Morgan fingerprint density at radius 3 is 2.74 bits per heavy atom. The second-order valence-electron chi connectivity index (χ2n) is 9.62. The highest BCUT2D eigenvalue weighted by atomic mass is 19.2. The van der Waals surface area contributed by atoms with E-state index in [0.717, 1.165) is 12.5 Å². The van der Waals surface area contributed by atoms with Crippen molar-refractivity contribution in [3.63, 3.8) is 0 Å². The highest BCUT2D eigenvalue weighted by Gasteiger charge is 2.31. The number of rotatable bonds is 4. The van der Waals surface area contributed by atoms with Crippen LogP contribution in [0.3, 0.4) is 0 Å². The van der Waals surface area contributed by atoms with Gasteiger partial charge in [0.2, 0.25) is 0 Å². The molecule has 2 N–H and O–H groups in total. The third kappa shape index (κ3) is 4.32. The van der Waals surface area contributed by atoms with Gasteiger partial charge in [-0.3, -0.25) is 0 Å². The molecule has 196 valence electrons. The zero-order valence-electron chi connectivity index (χ0n) is 20.3. The van der Waals surface area contributed by atoms with Gasteiger partial charge < -0.3 is 20.2 Å². The molecule has 8 nitrogen and oxygen atoms in total. The number of fused-ring (bicyclic) bond motifs is 1. The van der Waals surface area contributed by atoms with Gasteiger partial charge in [0, 0.05) is 31.4 Å². The normalized spacial score (nSPS) is 19.5. The quantitative estimate of drug-likeness (QED) is 0.404. The van der Waals surface area contributed by atoms with Crippen molar-refractivity contribution in [1.82, 2.24) is 19.5 Å². The summed E-state index contributed by atoms with van der Waals surface area (Å²) in [6, 6.07) is 9.17. The number of aliphatic hydroxyl groups excluding tert-OH is 1. The van der Waals surface area contributed by atoms with Gasteiger partial charge in [-0.15, -0.1) is 0 Å². The van der Waals surface area contributed by atoms with Crippen LogP contribution in [0.1, 0.15) is 30.9 Å². The molecule has 38 heavy (non-hydrogen) atoms. The molecule has 2 saturated heterocycles. The summed E-state index contributed by atoms with van der Waals surface area (Å²) in [5.41, 5.74) is 1.89. The summed E-state index contributed by atoms with van der Waals surface area (Å²) >= 11 is 0. The number of hydrogen-bond acceptors (Lipinski definition) is 5. The minimum atomic E-state index is -0.977. The average molecular weight is 523 g/mol. The molecule has 6 rings (SSSR count). The molecule has 2 atom stereocenters. The molecule has 2 fully saturated rings. The molecule has 0 saturated carbocycles. The van der Waals surface area contributed by atoms with E-state index in [1.54, 1.807) is 16.8 Å². The molecule has 2 aromatic heterocycles. The number of likely N-dealkylation sites (tertiary alicyclic amines) is 1. The van der Waals surface area contributed by atoms with Crippen LogP contribution in [0.4, 0.5) is 29.5 Å². The lowest BCUT2D eigenvalue weighted by Gasteiger charge is -2.28. The largest absolute Gasteiger partial charge is 0.391 e. The Labute approximate surface area is 216 Å². The maximum absolute atomic E-state index is 14.7. The molecule has 4 aromatic rings. The molecule has 11 heteroatoms. The first-order chi connectivity index (χ1) is 18.4. The van der Waals surface area contributed by atoms with Crippen molar-refractivity contribution in [2.75, 3.05) is 29.9 Å². The molecule has 0 spiro atoms. The summed E-state index contributed by atoms with van der Waals surface area (Å²) in [7, 11) is 0. The van der Waals surface area contributed by atoms with Crippen LogP contribution in [0.2, 0.25) is 0 Å². The van der Waals surface area contributed by atoms with E-state index in [2.05, 4.69) is 10.4 Å². The lowest BCUT2D eigenvalue weighted by Crippen LogP contribution is -2.33. The number of carbonyl (C=O) groups is 1. The number of aromatic nitrogens is 3. The number of urea groups is 1. The molecule has 4 heterocycles. The Morgan fingerprint density at radius 1 is 1.05 bits per heavy atom. The number of nitrogens with zero attached hydrogens (tertiary/aromatic N) is 5. The van der Waals surface area contributed by atoms with E-state index in [0.29, 0.717) is 54.2 Å². The second kappa shape index (κ2) is 9.64. The molecule has 0 bridgehead atoms. The van der Waals surface area contributed by atoms with Crippen LogP contribution in [0, 0.1) is 17.5 Å². The van der Waals surface area contributed by atoms with Crippen molar-refractivity contribution < 1.29 is 23.1 Å². The SMILES string of the molecule is O=C(Nc1cnn2ccc(N3CCCC3c3cc(F)ccc3-c3cccc(F)c3F)nc12)N1CCC(O)C1. The Hall–Kier alpha value is -4.12. The van der Waals surface area contributed by atoms with Gasteiger partial charge in [-0.2, -0.15) is 5.10 Å². The highest BCUT2D eigenvalue weighted by Crippen LogP contribution is 2.41. The van der Waals surface area contributed by atoms with E-state index >= 15 is 0 Å². The van der Waals surface area contributed by atoms with Crippen LogP contribution in [0.25, 0.3) is 16.8 Å². The summed E-state index contributed by atoms with van der Waals surface area (Å²) in [4.78, 5) is 21.0. The topological polar surface area (TPSA) is 86.0 Å². The van der Waals surface area contributed by atoms with E-state index in [-0.39, 0.29) is 24.2 Å². The number of β-amino-alcohol motifs (C(OH)–C–C–N with tert-alkyl or cyclic N) is 1. The Bertz CT molecular complexity index is 1530. The zero-order chi connectivity index (χ0) is 26.4. The summed E-state index contributed by atoms with van der Waals surface area (Å²) in [5, 5.41) is 16.8. The maximum atomic E-state index is 14.7. The summed E-state index contributed by atoms with van der Waals surface area (Å²) in [6.07, 6.45) is 4.69. The highest BCUT2D eigenvalue weighted by molar-refractivity contribution is 5.93. The number of carbonyl (C=O) groups excluding carboxylic acids is 1.